The van der Waals surface area contributed by atoms with Gasteiger partial charge in [0.1, 0.15) is 46.4 Å². The number of ether oxygens (including phenoxy) is 2. The number of hydrogen-bond donors (Lipinski definition) is 0. The standard InChI is InChI=1S/C47H38F6O4/c48-34-16-12-32(13-17-34)38-24-20-36(28-44(38)52)56-46(54)40-22-10-30(26-42(40)50)8-6-4-2-1-3-5-7-9-31-11-23-41(43(51)27-31)47(55)57-37-21-25-39(45(53)29-37)33-14-18-35(49)19-15-33/h10-29H,1-9H2. The molecule has 0 aromatic heterocycles. The lowest BCUT2D eigenvalue weighted by atomic mass is 10.0. The van der Waals surface area contributed by atoms with Crippen molar-refractivity contribution in [1.82, 2.24) is 0 Å². The van der Waals surface area contributed by atoms with Gasteiger partial charge in [0, 0.05) is 23.3 Å². The molecule has 0 fully saturated rings. The quantitative estimate of drug-likeness (QED) is 0.0425. The van der Waals surface area contributed by atoms with E-state index in [4.69, 9.17) is 9.47 Å². The van der Waals surface area contributed by atoms with Crippen molar-refractivity contribution in [2.45, 2.75) is 57.8 Å². The Kier molecular flexibility index (Phi) is 13.6. The monoisotopic (exact) mass is 780 g/mol. The number of unbranched alkanes of at least 4 members (excludes halogenated alkanes) is 6. The third-order valence-corrected chi connectivity index (χ3v) is 9.55. The number of benzene rings is 6. The zero-order valence-electron chi connectivity index (χ0n) is 30.8. The Bertz CT molecular complexity index is 2180. The summed E-state index contributed by atoms with van der Waals surface area (Å²) in [6, 6.07) is 27.0. The van der Waals surface area contributed by atoms with Gasteiger partial charge in [0.25, 0.3) is 0 Å². The van der Waals surface area contributed by atoms with Crippen LogP contribution >= 0.6 is 0 Å². The van der Waals surface area contributed by atoms with Gasteiger partial charge in [0.15, 0.2) is 0 Å². The normalized spacial score (nSPS) is 11.1. The molecule has 6 rings (SSSR count). The predicted molar refractivity (Wildman–Crippen MR) is 206 cm³/mol. The topological polar surface area (TPSA) is 52.6 Å². The number of rotatable bonds is 16. The second-order valence-electron chi connectivity index (χ2n) is 13.7. The molecule has 0 aliphatic carbocycles. The summed E-state index contributed by atoms with van der Waals surface area (Å²) in [6.07, 6.45) is 7.84. The number of hydrogen-bond acceptors (Lipinski definition) is 4. The first-order chi connectivity index (χ1) is 27.5. The van der Waals surface area contributed by atoms with Crippen molar-refractivity contribution in [1.29, 1.82) is 0 Å². The molecule has 0 atom stereocenters. The Balaban J connectivity index is 0.862. The first-order valence-corrected chi connectivity index (χ1v) is 18.7. The molecule has 0 spiro atoms. The lowest BCUT2D eigenvalue weighted by Crippen LogP contribution is -2.11. The van der Waals surface area contributed by atoms with Gasteiger partial charge in [-0.15, -0.1) is 0 Å². The summed E-state index contributed by atoms with van der Waals surface area (Å²) in [7, 11) is 0. The summed E-state index contributed by atoms with van der Waals surface area (Å²) >= 11 is 0. The fourth-order valence-corrected chi connectivity index (χ4v) is 6.47. The van der Waals surface area contributed by atoms with Crippen molar-refractivity contribution in [2.24, 2.45) is 0 Å². The Morgan fingerprint density at radius 3 is 1.11 bits per heavy atom. The molecule has 10 heteroatoms. The maximum atomic E-state index is 14.8. The van der Waals surface area contributed by atoms with Crippen molar-refractivity contribution in [3.63, 3.8) is 0 Å². The Hall–Kier alpha value is -6.16. The Morgan fingerprint density at radius 1 is 0.386 bits per heavy atom. The SMILES string of the molecule is O=C(Oc1ccc(-c2ccc(F)cc2)c(F)c1)c1ccc(CCCCCCCCCc2ccc(C(=O)Oc3ccc(-c4ccc(F)cc4)c(F)c3)c(F)c2)cc1F. The number of halogens is 6. The molecule has 57 heavy (non-hydrogen) atoms. The summed E-state index contributed by atoms with van der Waals surface area (Å²) < 4.78 is 95.9. The van der Waals surface area contributed by atoms with E-state index in [0.717, 1.165) is 68.2 Å². The van der Waals surface area contributed by atoms with E-state index in [-0.39, 0.29) is 33.8 Å². The van der Waals surface area contributed by atoms with Crippen LogP contribution in [0.15, 0.2) is 121 Å². The molecule has 292 valence electrons. The Morgan fingerprint density at radius 2 is 0.754 bits per heavy atom. The molecule has 0 N–H and O–H groups in total. The molecule has 0 aliphatic rings. The van der Waals surface area contributed by atoms with E-state index >= 15 is 0 Å². The van der Waals surface area contributed by atoms with Gasteiger partial charge < -0.3 is 9.47 Å². The molecule has 0 saturated carbocycles. The molecule has 0 amide bonds. The molecule has 0 saturated heterocycles. The van der Waals surface area contributed by atoms with Crippen LogP contribution in [0.1, 0.15) is 76.8 Å². The highest BCUT2D eigenvalue weighted by atomic mass is 19.1. The smallest absolute Gasteiger partial charge is 0.346 e. The Labute approximate surface area is 326 Å². The minimum atomic E-state index is -0.946. The third kappa shape index (κ3) is 11.0. The van der Waals surface area contributed by atoms with E-state index in [0.29, 0.717) is 24.0 Å². The van der Waals surface area contributed by atoms with Crippen LogP contribution in [0.3, 0.4) is 0 Å². The van der Waals surface area contributed by atoms with Crippen LogP contribution < -0.4 is 9.47 Å². The predicted octanol–water partition coefficient (Wildman–Crippen LogP) is 12.8. The minimum Gasteiger partial charge on any atom is -0.423 e. The minimum absolute atomic E-state index is 0.0835. The molecule has 6 aromatic carbocycles. The second kappa shape index (κ2) is 19.1. The number of esters is 2. The average Bonchev–Trinajstić information content (AvgIpc) is 3.18. The van der Waals surface area contributed by atoms with Gasteiger partial charge in [-0.25, -0.2) is 35.9 Å². The summed E-state index contributed by atoms with van der Waals surface area (Å²) in [6.45, 7) is 0. The fraction of sp³-hybridized carbons (Fsp3) is 0.191. The molecule has 6 aromatic rings. The van der Waals surface area contributed by atoms with Crippen molar-refractivity contribution >= 4 is 11.9 Å². The molecule has 4 nitrogen and oxygen atoms in total. The van der Waals surface area contributed by atoms with Crippen LogP contribution in [-0.2, 0) is 12.8 Å². The van der Waals surface area contributed by atoms with E-state index < -0.39 is 46.8 Å². The van der Waals surface area contributed by atoms with Crippen LogP contribution in [0.2, 0.25) is 0 Å². The largest absolute Gasteiger partial charge is 0.423 e. The van der Waals surface area contributed by atoms with Gasteiger partial charge in [-0.1, -0.05) is 68.5 Å². The fourth-order valence-electron chi connectivity index (χ4n) is 6.47. The van der Waals surface area contributed by atoms with Crippen LogP contribution in [0.4, 0.5) is 26.3 Å². The second-order valence-corrected chi connectivity index (χ2v) is 13.7. The first-order valence-electron chi connectivity index (χ1n) is 18.7. The maximum Gasteiger partial charge on any atom is 0.346 e. The lowest BCUT2D eigenvalue weighted by molar-refractivity contribution is 0.0719. The molecular formula is C47H38F6O4. The molecule has 0 unspecified atom stereocenters. The van der Waals surface area contributed by atoms with Crippen LogP contribution in [0.25, 0.3) is 22.3 Å². The van der Waals surface area contributed by atoms with Crippen molar-refractivity contribution < 1.29 is 45.4 Å². The van der Waals surface area contributed by atoms with Crippen LogP contribution in [0, 0.1) is 34.9 Å². The van der Waals surface area contributed by atoms with E-state index in [1.54, 1.807) is 12.1 Å². The zero-order chi connectivity index (χ0) is 40.3. The van der Waals surface area contributed by atoms with Gasteiger partial charge in [-0.2, -0.15) is 0 Å². The third-order valence-electron chi connectivity index (χ3n) is 9.55. The summed E-state index contributed by atoms with van der Waals surface area (Å²) in [5, 5.41) is 0. The summed E-state index contributed by atoms with van der Waals surface area (Å²) in [5.41, 5.74) is 2.30. The first kappa shape index (κ1) is 40.5. The van der Waals surface area contributed by atoms with Crippen LogP contribution in [-0.4, -0.2) is 11.9 Å². The van der Waals surface area contributed by atoms with Gasteiger partial charge in [-0.05, 0) is 121 Å². The van der Waals surface area contributed by atoms with Crippen molar-refractivity contribution in [3.8, 4) is 33.8 Å². The van der Waals surface area contributed by atoms with Crippen molar-refractivity contribution in [3.05, 3.63) is 178 Å². The van der Waals surface area contributed by atoms with Gasteiger partial charge >= 0.3 is 11.9 Å². The van der Waals surface area contributed by atoms with Crippen LogP contribution in [0.5, 0.6) is 11.5 Å². The highest BCUT2D eigenvalue weighted by Crippen LogP contribution is 2.29. The average molecular weight is 781 g/mol. The molecule has 0 bridgehead atoms. The molecular weight excluding hydrogens is 743 g/mol. The van der Waals surface area contributed by atoms with E-state index in [9.17, 15) is 35.9 Å². The van der Waals surface area contributed by atoms with Gasteiger partial charge in [-0.3, -0.25) is 0 Å². The zero-order valence-corrected chi connectivity index (χ0v) is 30.8. The number of carbonyl (C=O) groups is 2. The maximum absolute atomic E-state index is 14.8. The highest BCUT2D eigenvalue weighted by molar-refractivity contribution is 5.92. The lowest BCUT2D eigenvalue weighted by Gasteiger charge is -2.09. The van der Waals surface area contributed by atoms with E-state index in [1.165, 1.54) is 97.1 Å². The van der Waals surface area contributed by atoms with Crippen molar-refractivity contribution in [2.75, 3.05) is 0 Å². The molecule has 0 aliphatic heterocycles. The number of carbonyl (C=O) groups excluding carboxylic acids is 2. The van der Waals surface area contributed by atoms with E-state index in [2.05, 4.69) is 0 Å². The summed E-state index contributed by atoms with van der Waals surface area (Å²) in [4.78, 5) is 25.3. The number of aryl methyl sites for hydroxylation is 2. The van der Waals surface area contributed by atoms with E-state index in [1.807, 2.05) is 0 Å². The highest BCUT2D eigenvalue weighted by Gasteiger charge is 2.18. The molecule has 0 heterocycles. The molecule has 0 radical (unpaired) electrons. The summed E-state index contributed by atoms with van der Waals surface area (Å²) in [5.74, 6) is -5.74. The van der Waals surface area contributed by atoms with Gasteiger partial charge in [0.05, 0.1) is 11.1 Å². The van der Waals surface area contributed by atoms with Gasteiger partial charge in [0.2, 0.25) is 0 Å².